The fraction of sp³-hybridized carbons (Fsp3) is 0.500. The predicted molar refractivity (Wildman–Crippen MR) is 94.4 cm³/mol. The number of hydrogen-bond donors (Lipinski definition) is 1. The molecule has 1 aliphatic heterocycles. The normalized spacial score (nSPS) is 19.6. The summed E-state index contributed by atoms with van der Waals surface area (Å²) in [5, 5.41) is 2.69. The molecule has 1 fully saturated rings. The second-order valence-corrected chi connectivity index (χ2v) is 6.18. The van der Waals surface area contributed by atoms with E-state index in [1.165, 1.54) is 4.90 Å². The smallest absolute Gasteiger partial charge is 0.325 e. The van der Waals surface area contributed by atoms with Crippen LogP contribution >= 0.6 is 0 Å². The highest BCUT2D eigenvalue weighted by atomic mass is 16.5. The highest BCUT2D eigenvalue weighted by molar-refractivity contribution is 6.09. The van der Waals surface area contributed by atoms with Crippen molar-refractivity contribution in [3.05, 3.63) is 35.9 Å². The fourth-order valence-corrected chi connectivity index (χ4v) is 2.81. The standard InChI is InChI=1S/C18H25N3O5/c1-18(14-7-5-4-6-8-14)16(23)21(17(24)19-18)13-15(22)20(9-11-25-2)10-12-26-3/h4-8H,9-13H2,1-3H3,(H,19,24). The number of amides is 4. The van der Waals surface area contributed by atoms with Gasteiger partial charge in [-0.1, -0.05) is 30.3 Å². The van der Waals surface area contributed by atoms with Gasteiger partial charge in [-0.25, -0.2) is 4.79 Å². The molecule has 0 bridgehead atoms. The number of rotatable bonds is 9. The van der Waals surface area contributed by atoms with Crippen LogP contribution in [0.15, 0.2) is 30.3 Å². The Bertz CT molecular complexity index is 643. The highest BCUT2D eigenvalue weighted by Gasteiger charge is 2.49. The van der Waals surface area contributed by atoms with Crippen LogP contribution in [-0.4, -0.2) is 74.7 Å². The molecule has 1 heterocycles. The van der Waals surface area contributed by atoms with Gasteiger partial charge in [-0.15, -0.1) is 0 Å². The number of benzene rings is 1. The average molecular weight is 363 g/mol. The van der Waals surface area contributed by atoms with E-state index in [2.05, 4.69) is 5.32 Å². The number of ether oxygens (including phenoxy) is 2. The second kappa shape index (κ2) is 8.77. The third-order valence-corrected chi connectivity index (χ3v) is 4.40. The molecule has 0 radical (unpaired) electrons. The first-order chi connectivity index (χ1) is 12.4. The third-order valence-electron chi connectivity index (χ3n) is 4.40. The molecule has 26 heavy (non-hydrogen) atoms. The number of methoxy groups -OCH3 is 2. The summed E-state index contributed by atoms with van der Waals surface area (Å²) in [5.41, 5.74) is -0.508. The summed E-state index contributed by atoms with van der Waals surface area (Å²) in [5.74, 6) is -0.777. The van der Waals surface area contributed by atoms with Crippen molar-refractivity contribution in [3.63, 3.8) is 0 Å². The lowest BCUT2D eigenvalue weighted by Crippen LogP contribution is -2.46. The SMILES string of the molecule is COCCN(CCOC)C(=O)CN1C(=O)NC(C)(c2ccccc2)C1=O. The van der Waals surface area contributed by atoms with E-state index in [0.717, 1.165) is 4.90 Å². The van der Waals surface area contributed by atoms with E-state index >= 15 is 0 Å². The van der Waals surface area contributed by atoms with Gasteiger partial charge in [0.1, 0.15) is 12.1 Å². The van der Waals surface area contributed by atoms with E-state index in [-0.39, 0.29) is 12.5 Å². The first-order valence-electron chi connectivity index (χ1n) is 8.39. The van der Waals surface area contributed by atoms with E-state index < -0.39 is 17.5 Å². The van der Waals surface area contributed by atoms with Crippen LogP contribution in [0.2, 0.25) is 0 Å². The minimum absolute atomic E-state index is 0.319. The maximum absolute atomic E-state index is 12.8. The molecule has 1 aliphatic rings. The number of hydrogen-bond acceptors (Lipinski definition) is 5. The van der Waals surface area contributed by atoms with Gasteiger partial charge in [0.05, 0.1) is 13.2 Å². The van der Waals surface area contributed by atoms with Crippen LogP contribution in [0.3, 0.4) is 0 Å². The summed E-state index contributed by atoms with van der Waals surface area (Å²) >= 11 is 0. The summed E-state index contributed by atoms with van der Waals surface area (Å²) in [4.78, 5) is 40.3. The lowest BCUT2D eigenvalue weighted by atomic mass is 9.92. The summed E-state index contributed by atoms with van der Waals surface area (Å²) in [6, 6.07) is 8.39. The van der Waals surface area contributed by atoms with Gasteiger partial charge in [0.25, 0.3) is 5.91 Å². The molecule has 0 aromatic heterocycles. The Kier molecular flexibility index (Phi) is 6.70. The molecule has 4 amide bonds. The molecule has 0 spiro atoms. The lowest BCUT2D eigenvalue weighted by Gasteiger charge is -2.25. The Hall–Kier alpha value is -2.45. The van der Waals surface area contributed by atoms with Crippen LogP contribution < -0.4 is 5.32 Å². The quantitative estimate of drug-likeness (QED) is 0.648. The summed E-state index contributed by atoms with van der Waals surface area (Å²) in [7, 11) is 3.09. The zero-order chi connectivity index (χ0) is 19.2. The Balaban J connectivity index is 2.11. The van der Waals surface area contributed by atoms with Crippen molar-refractivity contribution in [2.75, 3.05) is 47.1 Å². The number of carbonyl (C=O) groups is 3. The lowest BCUT2D eigenvalue weighted by molar-refractivity contribution is -0.139. The molecule has 8 nitrogen and oxygen atoms in total. The predicted octanol–water partition coefficient (Wildman–Crippen LogP) is 0.575. The molecule has 0 saturated carbocycles. The third kappa shape index (κ3) is 4.20. The van der Waals surface area contributed by atoms with Crippen molar-refractivity contribution >= 4 is 17.8 Å². The molecule has 0 aliphatic carbocycles. The molecule has 1 atom stereocenters. The van der Waals surface area contributed by atoms with Gasteiger partial charge in [0.2, 0.25) is 5.91 Å². The number of carbonyl (C=O) groups excluding carboxylic acids is 3. The van der Waals surface area contributed by atoms with Crippen molar-refractivity contribution in [2.45, 2.75) is 12.5 Å². The molecule has 1 aromatic carbocycles. The maximum Gasteiger partial charge on any atom is 0.325 e. The monoisotopic (exact) mass is 363 g/mol. The largest absolute Gasteiger partial charge is 0.383 e. The first kappa shape index (κ1) is 19.9. The molecular formula is C18H25N3O5. The molecular weight excluding hydrogens is 338 g/mol. The van der Waals surface area contributed by atoms with E-state index in [9.17, 15) is 14.4 Å². The number of nitrogens with zero attached hydrogens (tertiary/aromatic N) is 2. The van der Waals surface area contributed by atoms with Crippen LogP contribution in [0.1, 0.15) is 12.5 Å². The maximum atomic E-state index is 12.8. The Morgan fingerprint density at radius 1 is 1.12 bits per heavy atom. The molecule has 1 saturated heterocycles. The van der Waals surface area contributed by atoms with Crippen LogP contribution in [0, 0.1) is 0 Å². The van der Waals surface area contributed by atoms with E-state index in [1.807, 2.05) is 6.07 Å². The van der Waals surface area contributed by atoms with Crippen LogP contribution in [-0.2, 0) is 24.6 Å². The van der Waals surface area contributed by atoms with Crippen molar-refractivity contribution in [1.82, 2.24) is 15.1 Å². The summed E-state index contributed by atoms with van der Waals surface area (Å²) < 4.78 is 10.0. The first-order valence-corrected chi connectivity index (χ1v) is 8.39. The van der Waals surface area contributed by atoms with Crippen LogP contribution in [0.5, 0.6) is 0 Å². The van der Waals surface area contributed by atoms with Crippen molar-refractivity contribution in [3.8, 4) is 0 Å². The topological polar surface area (TPSA) is 88.2 Å². The van der Waals surface area contributed by atoms with Gasteiger partial charge in [0.15, 0.2) is 0 Å². The molecule has 1 unspecified atom stereocenters. The number of imide groups is 1. The zero-order valence-electron chi connectivity index (χ0n) is 15.4. The van der Waals surface area contributed by atoms with E-state index in [0.29, 0.717) is 31.9 Å². The van der Waals surface area contributed by atoms with E-state index in [4.69, 9.17) is 9.47 Å². The molecule has 142 valence electrons. The Morgan fingerprint density at radius 2 is 1.69 bits per heavy atom. The van der Waals surface area contributed by atoms with Gasteiger partial charge in [-0.2, -0.15) is 0 Å². The van der Waals surface area contributed by atoms with Gasteiger partial charge in [-0.05, 0) is 12.5 Å². The van der Waals surface area contributed by atoms with E-state index in [1.54, 1.807) is 45.4 Å². The summed E-state index contributed by atoms with van der Waals surface area (Å²) in [6.07, 6.45) is 0. The fourth-order valence-electron chi connectivity index (χ4n) is 2.81. The van der Waals surface area contributed by atoms with Crippen molar-refractivity contribution in [1.29, 1.82) is 0 Å². The number of urea groups is 1. The Morgan fingerprint density at radius 3 is 2.23 bits per heavy atom. The van der Waals surface area contributed by atoms with Gasteiger partial charge < -0.3 is 19.7 Å². The van der Waals surface area contributed by atoms with Gasteiger partial charge >= 0.3 is 6.03 Å². The minimum atomic E-state index is -1.18. The molecule has 8 heteroatoms. The molecule has 1 aromatic rings. The van der Waals surface area contributed by atoms with Crippen molar-refractivity contribution < 1.29 is 23.9 Å². The highest BCUT2D eigenvalue weighted by Crippen LogP contribution is 2.28. The Labute approximate surface area is 153 Å². The average Bonchev–Trinajstić information content (AvgIpc) is 2.86. The number of nitrogens with one attached hydrogen (secondary N) is 1. The van der Waals surface area contributed by atoms with Gasteiger partial charge in [0, 0.05) is 27.3 Å². The van der Waals surface area contributed by atoms with Gasteiger partial charge in [-0.3, -0.25) is 14.5 Å². The second-order valence-electron chi connectivity index (χ2n) is 6.18. The molecule has 1 N–H and O–H groups in total. The minimum Gasteiger partial charge on any atom is -0.383 e. The van der Waals surface area contributed by atoms with Crippen LogP contribution in [0.25, 0.3) is 0 Å². The van der Waals surface area contributed by atoms with Crippen molar-refractivity contribution in [2.24, 2.45) is 0 Å². The summed E-state index contributed by atoms with van der Waals surface area (Å²) in [6.45, 7) is 2.76. The molecule has 2 rings (SSSR count). The van der Waals surface area contributed by atoms with Crippen LogP contribution in [0.4, 0.5) is 4.79 Å². The zero-order valence-corrected chi connectivity index (χ0v) is 15.4.